The van der Waals surface area contributed by atoms with Crippen molar-refractivity contribution in [1.82, 2.24) is 29.6 Å². The lowest BCUT2D eigenvalue weighted by atomic mass is 10.1. The lowest BCUT2D eigenvalue weighted by Gasteiger charge is -2.33. The molecule has 4 heterocycles. The van der Waals surface area contributed by atoms with Gasteiger partial charge in [-0.25, -0.2) is 9.97 Å². The van der Waals surface area contributed by atoms with E-state index in [-0.39, 0.29) is 11.9 Å². The molecule has 1 aliphatic heterocycles. The topological polar surface area (TPSA) is 76.8 Å². The summed E-state index contributed by atoms with van der Waals surface area (Å²) in [5.41, 5.74) is 1.32. The van der Waals surface area contributed by atoms with Crippen molar-refractivity contribution in [2.45, 2.75) is 19.5 Å². The summed E-state index contributed by atoms with van der Waals surface area (Å²) in [6, 6.07) is 10.6. The molecular formula is C19H15ClN6OS. The van der Waals surface area contributed by atoms with Crippen molar-refractivity contribution < 1.29 is 4.79 Å². The summed E-state index contributed by atoms with van der Waals surface area (Å²) < 4.78 is 3.06. The summed E-state index contributed by atoms with van der Waals surface area (Å²) in [7, 11) is 0. The number of thiazole rings is 1. The van der Waals surface area contributed by atoms with Crippen LogP contribution in [0.15, 0.2) is 42.6 Å². The molecule has 1 aliphatic rings. The average Bonchev–Trinajstić information content (AvgIpc) is 3.32. The van der Waals surface area contributed by atoms with Crippen molar-refractivity contribution >= 4 is 39.2 Å². The van der Waals surface area contributed by atoms with Crippen molar-refractivity contribution in [3.8, 4) is 10.8 Å². The standard InChI is InChI=1S/C19H15ClN6OS/c1-11-16-23-24-17(18-22-15-14(28-18)3-2-8-21-15)26(16)10-9-25(11)19(27)12-4-6-13(20)7-5-12/h2-8,11H,9-10H2,1H3/t11-/m1/s1. The summed E-state index contributed by atoms with van der Waals surface area (Å²) in [6.45, 7) is 3.16. The smallest absolute Gasteiger partial charge is 0.254 e. The fourth-order valence-corrected chi connectivity index (χ4v) is 4.49. The quantitative estimate of drug-likeness (QED) is 0.502. The number of benzene rings is 1. The molecule has 0 spiro atoms. The van der Waals surface area contributed by atoms with Crippen LogP contribution in [0, 0.1) is 0 Å². The maximum atomic E-state index is 12.9. The van der Waals surface area contributed by atoms with Gasteiger partial charge in [0.1, 0.15) is 0 Å². The second kappa shape index (κ2) is 6.65. The molecule has 0 radical (unpaired) electrons. The van der Waals surface area contributed by atoms with E-state index in [0.29, 0.717) is 29.3 Å². The molecule has 1 amide bonds. The van der Waals surface area contributed by atoms with Crippen LogP contribution in [0.1, 0.15) is 29.1 Å². The lowest BCUT2D eigenvalue weighted by molar-refractivity contribution is 0.0638. The first kappa shape index (κ1) is 17.3. The Balaban J connectivity index is 1.47. The van der Waals surface area contributed by atoms with Gasteiger partial charge in [-0.05, 0) is 43.3 Å². The third kappa shape index (κ3) is 2.76. The van der Waals surface area contributed by atoms with Gasteiger partial charge in [-0.2, -0.15) is 0 Å². The molecule has 1 atom stereocenters. The highest BCUT2D eigenvalue weighted by Crippen LogP contribution is 2.32. The van der Waals surface area contributed by atoms with Crippen LogP contribution in [-0.4, -0.2) is 42.1 Å². The number of amides is 1. The molecule has 0 N–H and O–H groups in total. The zero-order valence-electron chi connectivity index (χ0n) is 14.9. The summed E-state index contributed by atoms with van der Waals surface area (Å²) in [5.74, 6) is 1.45. The van der Waals surface area contributed by atoms with Crippen LogP contribution in [-0.2, 0) is 6.54 Å². The van der Waals surface area contributed by atoms with Crippen LogP contribution in [0.4, 0.5) is 0 Å². The first-order valence-electron chi connectivity index (χ1n) is 8.83. The third-order valence-corrected chi connectivity index (χ3v) is 6.15. The fourth-order valence-electron chi connectivity index (χ4n) is 3.44. The van der Waals surface area contributed by atoms with Gasteiger partial charge in [-0.15, -0.1) is 21.5 Å². The Morgan fingerprint density at radius 1 is 1.18 bits per heavy atom. The van der Waals surface area contributed by atoms with E-state index >= 15 is 0 Å². The number of nitrogens with zero attached hydrogens (tertiary/aromatic N) is 6. The number of carbonyl (C=O) groups excluding carboxylic acids is 1. The van der Waals surface area contributed by atoms with Crippen molar-refractivity contribution in [1.29, 1.82) is 0 Å². The Bertz CT molecular complexity index is 1150. The second-order valence-electron chi connectivity index (χ2n) is 6.56. The van der Waals surface area contributed by atoms with Crippen LogP contribution in [0.3, 0.4) is 0 Å². The van der Waals surface area contributed by atoms with E-state index in [1.165, 1.54) is 0 Å². The minimum Gasteiger partial charge on any atom is -0.327 e. The van der Waals surface area contributed by atoms with Crippen molar-refractivity contribution in [3.63, 3.8) is 0 Å². The number of aromatic nitrogens is 5. The molecule has 5 rings (SSSR count). The number of fused-ring (bicyclic) bond motifs is 2. The average molecular weight is 411 g/mol. The molecule has 28 heavy (non-hydrogen) atoms. The molecule has 140 valence electrons. The van der Waals surface area contributed by atoms with Crippen LogP contribution in [0.5, 0.6) is 0 Å². The van der Waals surface area contributed by atoms with Crippen molar-refractivity contribution in [2.24, 2.45) is 0 Å². The zero-order chi connectivity index (χ0) is 19.3. The lowest BCUT2D eigenvalue weighted by Crippen LogP contribution is -2.41. The van der Waals surface area contributed by atoms with E-state index < -0.39 is 0 Å². The zero-order valence-corrected chi connectivity index (χ0v) is 16.5. The Morgan fingerprint density at radius 2 is 2.00 bits per heavy atom. The van der Waals surface area contributed by atoms with E-state index in [1.54, 1.807) is 41.8 Å². The molecule has 0 bridgehead atoms. The summed E-state index contributed by atoms with van der Waals surface area (Å²) >= 11 is 7.48. The first-order valence-corrected chi connectivity index (χ1v) is 10.0. The van der Waals surface area contributed by atoms with Gasteiger partial charge < -0.3 is 9.47 Å². The van der Waals surface area contributed by atoms with Crippen LogP contribution in [0.25, 0.3) is 21.2 Å². The van der Waals surface area contributed by atoms with Crippen LogP contribution >= 0.6 is 22.9 Å². The van der Waals surface area contributed by atoms with E-state index in [4.69, 9.17) is 11.6 Å². The molecular weight excluding hydrogens is 396 g/mol. The molecule has 4 aromatic rings. The Labute approximate surface area is 169 Å². The van der Waals surface area contributed by atoms with Gasteiger partial charge in [0.2, 0.25) is 0 Å². The van der Waals surface area contributed by atoms with Gasteiger partial charge in [-0.1, -0.05) is 11.6 Å². The number of carbonyl (C=O) groups is 1. The summed E-state index contributed by atoms with van der Waals surface area (Å²) in [6.07, 6.45) is 1.73. The monoisotopic (exact) mass is 410 g/mol. The molecule has 0 fully saturated rings. The van der Waals surface area contributed by atoms with E-state index in [9.17, 15) is 4.79 Å². The second-order valence-corrected chi connectivity index (χ2v) is 8.03. The molecule has 3 aromatic heterocycles. The predicted octanol–water partition coefficient (Wildman–Crippen LogP) is 3.82. The Morgan fingerprint density at radius 3 is 2.79 bits per heavy atom. The molecule has 0 saturated heterocycles. The molecule has 9 heteroatoms. The van der Waals surface area contributed by atoms with E-state index in [2.05, 4.69) is 20.2 Å². The van der Waals surface area contributed by atoms with Gasteiger partial charge in [0.25, 0.3) is 5.91 Å². The highest BCUT2D eigenvalue weighted by Gasteiger charge is 2.32. The molecule has 7 nitrogen and oxygen atoms in total. The van der Waals surface area contributed by atoms with Gasteiger partial charge in [0, 0.05) is 29.9 Å². The van der Waals surface area contributed by atoms with Gasteiger partial charge in [0.05, 0.1) is 10.7 Å². The van der Waals surface area contributed by atoms with E-state index in [0.717, 1.165) is 21.4 Å². The largest absolute Gasteiger partial charge is 0.327 e. The van der Waals surface area contributed by atoms with Crippen molar-refractivity contribution in [2.75, 3.05) is 6.54 Å². The predicted molar refractivity (Wildman–Crippen MR) is 107 cm³/mol. The van der Waals surface area contributed by atoms with Crippen LogP contribution in [0.2, 0.25) is 5.02 Å². The fraction of sp³-hybridized carbons (Fsp3) is 0.211. The first-order chi connectivity index (χ1) is 13.6. The minimum atomic E-state index is -0.189. The summed E-state index contributed by atoms with van der Waals surface area (Å²) in [4.78, 5) is 23.6. The number of hydrogen-bond donors (Lipinski definition) is 0. The van der Waals surface area contributed by atoms with Crippen molar-refractivity contribution in [3.05, 3.63) is 59.0 Å². The normalized spacial score (nSPS) is 16.4. The number of halogens is 1. The molecule has 0 unspecified atom stereocenters. The third-order valence-electron chi connectivity index (χ3n) is 4.89. The Hall–Kier alpha value is -2.84. The molecule has 0 aliphatic carbocycles. The SMILES string of the molecule is C[C@@H]1c2nnc(-c3nc4ncccc4s3)n2CCN1C(=O)c1ccc(Cl)cc1. The number of hydrogen-bond acceptors (Lipinski definition) is 6. The van der Waals surface area contributed by atoms with Crippen LogP contribution < -0.4 is 0 Å². The highest BCUT2D eigenvalue weighted by molar-refractivity contribution is 7.21. The van der Waals surface area contributed by atoms with Gasteiger partial charge in [0.15, 0.2) is 22.3 Å². The maximum absolute atomic E-state index is 12.9. The Kier molecular flexibility index (Phi) is 4.10. The van der Waals surface area contributed by atoms with Gasteiger partial charge >= 0.3 is 0 Å². The van der Waals surface area contributed by atoms with E-state index in [1.807, 2.05) is 28.5 Å². The number of pyridine rings is 1. The maximum Gasteiger partial charge on any atom is 0.254 e. The highest BCUT2D eigenvalue weighted by atomic mass is 35.5. The summed E-state index contributed by atoms with van der Waals surface area (Å²) in [5, 5.41) is 10.1. The molecule has 1 aromatic carbocycles. The minimum absolute atomic E-state index is 0.0378. The van der Waals surface area contributed by atoms with Gasteiger partial charge in [-0.3, -0.25) is 4.79 Å². The number of rotatable bonds is 2. The molecule has 0 saturated carbocycles.